The molecule has 0 aromatic carbocycles. The lowest BCUT2D eigenvalue weighted by Gasteiger charge is -1.99. The summed E-state index contributed by atoms with van der Waals surface area (Å²) in [6, 6.07) is 5.51. The predicted octanol–water partition coefficient (Wildman–Crippen LogP) is 2.17. The molecule has 0 fully saturated rings. The summed E-state index contributed by atoms with van der Waals surface area (Å²) < 4.78 is 0. The van der Waals surface area contributed by atoms with Gasteiger partial charge in [0.15, 0.2) is 0 Å². The maximum atomic E-state index is 5.63. The molecule has 2 nitrogen and oxygen atoms in total. The largest absolute Gasteiger partial charge is 0.370 e. The first-order valence-electron chi connectivity index (χ1n) is 3.19. The summed E-state index contributed by atoms with van der Waals surface area (Å²) in [5, 5.41) is 3.58. The molecule has 1 aromatic heterocycles. The summed E-state index contributed by atoms with van der Waals surface area (Å²) in [4.78, 5) is 4.02. The minimum absolute atomic E-state index is 0.526. The van der Waals surface area contributed by atoms with E-state index in [1.54, 1.807) is 6.07 Å². The first-order valence-corrected chi connectivity index (χ1v) is 3.57. The monoisotopic (exact) mass is 156 g/mol. The third-order valence-electron chi connectivity index (χ3n) is 1.07. The van der Waals surface area contributed by atoms with Crippen LogP contribution in [0.2, 0.25) is 5.15 Å². The lowest BCUT2D eigenvalue weighted by atomic mass is 10.4. The molecule has 0 bridgehead atoms. The third-order valence-corrected chi connectivity index (χ3v) is 1.28. The van der Waals surface area contributed by atoms with Crippen LogP contribution in [0.4, 0.5) is 5.82 Å². The van der Waals surface area contributed by atoms with Gasteiger partial charge in [0.2, 0.25) is 0 Å². The second-order valence-electron chi connectivity index (χ2n) is 1.88. The fourth-order valence-electron chi connectivity index (χ4n) is 0.688. The summed E-state index contributed by atoms with van der Waals surface area (Å²) in [6.07, 6.45) is 0. The number of nitrogens with zero attached hydrogens (tertiary/aromatic N) is 1. The van der Waals surface area contributed by atoms with Gasteiger partial charge in [0.25, 0.3) is 0 Å². The Bertz CT molecular complexity index is 213. The molecule has 3 heteroatoms. The Morgan fingerprint density at radius 2 is 2.40 bits per heavy atom. The molecule has 0 amide bonds. The molecule has 0 aliphatic heterocycles. The van der Waals surface area contributed by atoms with Gasteiger partial charge in [0.05, 0.1) is 0 Å². The Labute approximate surface area is 65.2 Å². The van der Waals surface area contributed by atoms with Gasteiger partial charge in [0, 0.05) is 6.54 Å². The Kier molecular flexibility index (Phi) is 2.51. The Balaban J connectivity index is 2.75. The SMILES string of the molecule is CCNc1cccc(Cl)n1. The molecule has 54 valence electrons. The first kappa shape index (κ1) is 7.35. The van der Waals surface area contributed by atoms with Gasteiger partial charge in [0.1, 0.15) is 11.0 Å². The van der Waals surface area contributed by atoms with Crippen molar-refractivity contribution in [1.82, 2.24) is 4.98 Å². The molecule has 1 rings (SSSR count). The van der Waals surface area contributed by atoms with Crippen LogP contribution < -0.4 is 5.32 Å². The molecular weight excluding hydrogens is 148 g/mol. The van der Waals surface area contributed by atoms with E-state index in [1.807, 2.05) is 19.1 Å². The van der Waals surface area contributed by atoms with Crippen molar-refractivity contribution in [3.8, 4) is 0 Å². The van der Waals surface area contributed by atoms with E-state index in [9.17, 15) is 0 Å². The summed E-state index contributed by atoms with van der Waals surface area (Å²) in [5.41, 5.74) is 0. The van der Waals surface area contributed by atoms with Crippen molar-refractivity contribution in [3.63, 3.8) is 0 Å². The van der Waals surface area contributed by atoms with Crippen molar-refractivity contribution in [2.24, 2.45) is 0 Å². The molecule has 0 radical (unpaired) electrons. The molecule has 0 aliphatic rings. The maximum Gasteiger partial charge on any atom is 0.131 e. The topological polar surface area (TPSA) is 24.9 Å². The highest BCUT2D eigenvalue weighted by molar-refractivity contribution is 6.29. The normalized spacial score (nSPS) is 9.40. The number of pyridine rings is 1. The Morgan fingerprint density at radius 1 is 1.60 bits per heavy atom. The van der Waals surface area contributed by atoms with E-state index < -0.39 is 0 Å². The lowest BCUT2D eigenvalue weighted by molar-refractivity contribution is 1.16. The van der Waals surface area contributed by atoms with Gasteiger partial charge >= 0.3 is 0 Å². The van der Waals surface area contributed by atoms with E-state index in [1.165, 1.54) is 0 Å². The van der Waals surface area contributed by atoms with Gasteiger partial charge in [-0.15, -0.1) is 0 Å². The zero-order chi connectivity index (χ0) is 7.40. The van der Waals surface area contributed by atoms with Gasteiger partial charge in [-0.05, 0) is 19.1 Å². The van der Waals surface area contributed by atoms with Gasteiger partial charge < -0.3 is 5.32 Å². The average molecular weight is 157 g/mol. The predicted molar refractivity (Wildman–Crippen MR) is 43.4 cm³/mol. The number of nitrogens with one attached hydrogen (secondary N) is 1. The van der Waals surface area contributed by atoms with Crippen LogP contribution in [0.1, 0.15) is 6.92 Å². The van der Waals surface area contributed by atoms with E-state index >= 15 is 0 Å². The molecular formula is C7H9ClN2. The number of rotatable bonds is 2. The highest BCUT2D eigenvalue weighted by Crippen LogP contribution is 2.08. The Morgan fingerprint density at radius 3 is 3.00 bits per heavy atom. The van der Waals surface area contributed by atoms with Crippen LogP contribution in [0.3, 0.4) is 0 Å². The minimum atomic E-state index is 0.526. The van der Waals surface area contributed by atoms with Crippen molar-refractivity contribution in [3.05, 3.63) is 23.4 Å². The summed E-state index contributed by atoms with van der Waals surface area (Å²) in [6.45, 7) is 2.88. The van der Waals surface area contributed by atoms with E-state index in [-0.39, 0.29) is 0 Å². The van der Waals surface area contributed by atoms with Crippen LogP contribution in [0, 0.1) is 0 Å². The van der Waals surface area contributed by atoms with Crippen LogP contribution in [-0.4, -0.2) is 11.5 Å². The van der Waals surface area contributed by atoms with Gasteiger partial charge in [-0.1, -0.05) is 17.7 Å². The summed E-state index contributed by atoms with van der Waals surface area (Å²) in [7, 11) is 0. The number of aromatic nitrogens is 1. The summed E-state index contributed by atoms with van der Waals surface area (Å²) in [5.74, 6) is 0.829. The lowest BCUT2D eigenvalue weighted by Crippen LogP contribution is -1.98. The van der Waals surface area contributed by atoms with Crippen LogP contribution in [0.5, 0.6) is 0 Å². The number of anilines is 1. The fourth-order valence-corrected chi connectivity index (χ4v) is 0.852. The van der Waals surface area contributed by atoms with Crippen LogP contribution >= 0.6 is 11.6 Å². The van der Waals surface area contributed by atoms with Crippen molar-refractivity contribution in [1.29, 1.82) is 0 Å². The highest BCUT2D eigenvalue weighted by atomic mass is 35.5. The smallest absolute Gasteiger partial charge is 0.131 e. The fraction of sp³-hybridized carbons (Fsp3) is 0.286. The van der Waals surface area contributed by atoms with Crippen molar-refractivity contribution in [2.45, 2.75) is 6.92 Å². The second kappa shape index (κ2) is 3.42. The third kappa shape index (κ3) is 1.88. The van der Waals surface area contributed by atoms with Crippen molar-refractivity contribution >= 4 is 17.4 Å². The van der Waals surface area contributed by atoms with E-state index in [2.05, 4.69) is 10.3 Å². The zero-order valence-corrected chi connectivity index (χ0v) is 6.52. The standard InChI is InChI=1S/C7H9ClN2/c1-2-9-7-5-3-4-6(8)10-7/h3-5H,2H2,1H3,(H,9,10). The molecule has 0 spiro atoms. The molecule has 0 aliphatic carbocycles. The molecule has 0 saturated heterocycles. The van der Waals surface area contributed by atoms with Crippen LogP contribution in [0.15, 0.2) is 18.2 Å². The first-order chi connectivity index (χ1) is 4.83. The maximum absolute atomic E-state index is 5.63. The quantitative estimate of drug-likeness (QED) is 0.664. The van der Waals surface area contributed by atoms with Crippen molar-refractivity contribution < 1.29 is 0 Å². The second-order valence-corrected chi connectivity index (χ2v) is 2.26. The molecule has 0 atom stereocenters. The molecule has 1 aromatic rings. The minimum Gasteiger partial charge on any atom is -0.370 e. The number of hydrogen-bond donors (Lipinski definition) is 1. The van der Waals surface area contributed by atoms with Crippen LogP contribution in [0.25, 0.3) is 0 Å². The molecule has 10 heavy (non-hydrogen) atoms. The number of hydrogen-bond acceptors (Lipinski definition) is 2. The van der Waals surface area contributed by atoms with Gasteiger partial charge in [-0.2, -0.15) is 0 Å². The Hall–Kier alpha value is -0.760. The van der Waals surface area contributed by atoms with Gasteiger partial charge in [-0.3, -0.25) is 0 Å². The average Bonchev–Trinajstić information content (AvgIpc) is 1.88. The number of halogens is 1. The van der Waals surface area contributed by atoms with E-state index in [0.29, 0.717) is 5.15 Å². The zero-order valence-electron chi connectivity index (χ0n) is 5.76. The van der Waals surface area contributed by atoms with Crippen molar-refractivity contribution in [2.75, 3.05) is 11.9 Å². The van der Waals surface area contributed by atoms with Crippen LogP contribution in [-0.2, 0) is 0 Å². The van der Waals surface area contributed by atoms with E-state index in [0.717, 1.165) is 12.4 Å². The molecule has 0 unspecified atom stereocenters. The summed E-state index contributed by atoms with van der Waals surface area (Å²) >= 11 is 5.63. The highest BCUT2D eigenvalue weighted by Gasteiger charge is 1.90. The molecule has 1 N–H and O–H groups in total. The molecule has 1 heterocycles. The molecule has 0 saturated carbocycles. The van der Waals surface area contributed by atoms with Gasteiger partial charge in [-0.25, -0.2) is 4.98 Å². The van der Waals surface area contributed by atoms with E-state index in [4.69, 9.17) is 11.6 Å².